The maximum atomic E-state index is 12.0. The van der Waals surface area contributed by atoms with Gasteiger partial charge in [-0.3, -0.25) is 9.59 Å². The number of hydrogen-bond donors (Lipinski definition) is 2. The fourth-order valence-electron chi connectivity index (χ4n) is 2.62. The van der Waals surface area contributed by atoms with Crippen LogP contribution in [0, 0.1) is 0 Å². The molecule has 0 radical (unpaired) electrons. The van der Waals surface area contributed by atoms with Crippen LogP contribution in [0.15, 0.2) is 90.0 Å². The average Bonchev–Trinajstić information content (AvgIpc) is 2.83. The molecule has 2 N–H and O–H groups in total. The van der Waals surface area contributed by atoms with Crippen LogP contribution in [-0.4, -0.2) is 30.5 Å². The molecule has 2 amide bonds. The van der Waals surface area contributed by atoms with Crippen LogP contribution in [0.2, 0.25) is 5.02 Å². The molecule has 0 atom stereocenters. The lowest BCUT2D eigenvalue weighted by atomic mass is 10.2. The molecular formula is C25H20ClN3O4. The Labute approximate surface area is 195 Å². The van der Waals surface area contributed by atoms with E-state index in [4.69, 9.17) is 16.3 Å². The number of ether oxygens (including phenoxy) is 1. The molecule has 0 bridgehead atoms. The van der Waals surface area contributed by atoms with E-state index in [0.29, 0.717) is 16.3 Å². The molecular weight excluding hydrogens is 442 g/mol. The van der Waals surface area contributed by atoms with Gasteiger partial charge in [0.15, 0.2) is 0 Å². The van der Waals surface area contributed by atoms with Crippen molar-refractivity contribution in [3.8, 4) is 5.75 Å². The fourth-order valence-corrected chi connectivity index (χ4v) is 2.84. The summed E-state index contributed by atoms with van der Waals surface area (Å²) < 4.78 is 5.24. The number of hydrazone groups is 1. The van der Waals surface area contributed by atoms with Gasteiger partial charge in [-0.05, 0) is 53.6 Å². The predicted octanol–water partition coefficient (Wildman–Crippen LogP) is 3.84. The van der Waals surface area contributed by atoms with E-state index in [0.717, 1.165) is 5.56 Å². The van der Waals surface area contributed by atoms with Crippen molar-refractivity contribution in [2.24, 2.45) is 5.10 Å². The Bertz CT molecular complexity index is 1180. The normalized spacial score (nSPS) is 10.8. The Morgan fingerprint density at radius 3 is 2.30 bits per heavy atom. The molecule has 0 saturated heterocycles. The molecule has 3 aromatic rings. The minimum Gasteiger partial charge on any atom is -0.423 e. The topological polar surface area (TPSA) is 96.9 Å². The Morgan fingerprint density at radius 2 is 1.58 bits per heavy atom. The zero-order valence-corrected chi connectivity index (χ0v) is 18.2. The summed E-state index contributed by atoms with van der Waals surface area (Å²) in [5, 5.41) is 6.61. The minimum atomic E-state index is -0.498. The second kappa shape index (κ2) is 12.0. The number of amides is 2. The van der Waals surface area contributed by atoms with Crippen molar-refractivity contribution in [3.63, 3.8) is 0 Å². The molecule has 0 spiro atoms. The van der Waals surface area contributed by atoms with Crippen molar-refractivity contribution in [3.05, 3.63) is 107 Å². The second-order valence-corrected chi connectivity index (χ2v) is 7.10. The van der Waals surface area contributed by atoms with Crippen LogP contribution >= 0.6 is 11.6 Å². The number of hydrogen-bond acceptors (Lipinski definition) is 5. The first-order valence-corrected chi connectivity index (χ1v) is 10.3. The molecule has 0 aliphatic carbocycles. The molecule has 3 aromatic carbocycles. The van der Waals surface area contributed by atoms with Gasteiger partial charge in [0.2, 0.25) is 0 Å². The highest BCUT2D eigenvalue weighted by molar-refractivity contribution is 6.33. The number of rotatable bonds is 8. The van der Waals surface area contributed by atoms with Crippen molar-refractivity contribution in [2.45, 2.75) is 0 Å². The van der Waals surface area contributed by atoms with E-state index in [2.05, 4.69) is 15.8 Å². The smallest absolute Gasteiger partial charge is 0.336 e. The van der Waals surface area contributed by atoms with E-state index < -0.39 is 17.8 Å². The highest BCUT2D eigenvalue weighted by atomic mass is 35.5. The lowest BCUT2D eigenvalue weighted by molar-refractivity contribution is -0.129. The number of esters is 1. The van der Waals surface area contributed by atoms with Crippen molar-refractivity contribution in [1.29, 1.82) is 0 Å². The van der Waals surface area contributed by atoms with Gasteiger partial charge in [-0.1, -0.05) is 54.1 Å². The fraction of sp³-hybridized carbons (Fsp3) is 0.0400. The molecule has 8 heteroatoms. The quantitative estimate of drug-likeness (QED) is 0.175. The summed E-state index contributed by atoms with van der Waals surface area (Å²) in [6, 6.07) is 22.5. The van der Waals surface area contributed by atoms with E-state index in [1.165, 1.54) is 12.3 Å². The van der Waals surface area contributed by atoms with Crippen LogP contribution in [0.1, 0.15) is 21.5 Å². The SMILES string of the molecule is O=C(CNC(=O)c1ccccc1Cl)NN=Cc1ccc(OC(=O)C=Cc2ccccc2)cc1. The Balaban J connectivity index is 1.42. The average molecular weight is 462 g/mol. The van der Waals surface area contributed by atoms with Crippen LogP contribution in [0.5, 0.6) is 5.75 Å². The summed E-state index contributed by atoms with van der Waals surface area (Å²) in [6.07, 6.45) is 4.45. The van der Waals surface area contributed by atoms with Crippen LogP contribution in [-0.2, 0) is 9.59 Å². The third-order valence-corrected chi connectivity index (χ3v) is 4.57. The molecule has 166 valence electrons. The number of benzene rings is 3. The Kier molecular flexibility index (Phi) is 8.50. The van der Waals surface area contributed by atoms with Gasteiger partial charge in [-0.15, -0.1) is 0 Å². The van der Waals surface area contributed by atoms with Crippen molar-refractivity contribution in [2.75, 3.05) is 6.54 Å². The maximum absolute atomic E-state index is 12.0. The largest absolute Gasteiger partial charge is 0.423 e. The Morgan fingerprint density at radius 1 is 0.879 bits per heavy atom. The van der Waals surface area contributed by atoms with Gasteiger partial charge in [0, 0.05) is 6.08 Å². The standard InChI is InChI=1S/C25H20ClN3O4/c26-22-9-5-4-8-21(22)25(32)27-17-23(30)29-28-16-19-10-13-20(14-11-19)33-24(31)15-12-18-6-2-1-3-7-18/h1-16H,17H2,(H,27,32)(H,29,30). The van der Waals surface area contributed by atoms with Gasteiger partial charge in [-0.25, -0.2) is 10.2 Å². The maximum Gasteiger partial charge on any atom is 0.336 e. The summed E-state index contributed by atoms with van der Waals surface area (Å²) in [4.78, 5) is 35.8. The monoisotopic (exact) mass is 461 g/mol. The number of carbonyl (C=O) groups excluding carboxylic acids is 3. The van der Waals surface area contributed by atoms with Gasteiger partial charge in [-0.2, -0.15) is 5.10 Å². The van der Waals surface area contributed by atoms with Crippen molar-refractivity contribution < 1.29 is 19.1 Å². The number of nitrogens with one attached hydrogen (secondary N) is 2. The first kappa shape index (κ1) is 23.4. The molecule has 0 aliphatic rings. The summed E-state index contributed by atoms with van der Waals surface area (Å²) in [5.41, 5.74) is 4.17. The van der Waals surface area contributed by atoms with Gasteiger partial charge < -0.3 is 10.1 Å². The second-order valence-electron chi connectivity index (χ2n) is 6.69. The number of halogens is 1. The lowest BCUT2D eigenvalue weighted by Crippen LogP contribution is -2.35. The van der Waals surface area contributed by atoms with Crippen LogP contribution in [0.25, 0.3) is 6.08 Å². The predicted molar refractivity (Wildman–Crippen MR) is 127 cm³/mol. The molecule has 7 nitrogen and oxygen atoms in total. The van der Waals surface area contributed by atoms with E-state index in [1.807, 2.05) is 30.3 Å². The third kappa shape index (κ3) is 7.75. The summed E-state index contributed by atoms with van der Waals surface area (Å²) in [7, 11) is 0. The van der Waals surface area contributed by atoms with E-state index in [9.17, 15) is 14.4 Å². The summed E-state index contributed by atoms with van der Waals surface area (Å²) in [6.45, 7) is -0.257. The molecule has 0 heterocycles. The molecule has 3 rings (SSSR count). The van der Waals surface area contributed by atoms with Gasteiger partial charge in [0.25, 0.3) is 11.8 Å². The van der Waals surface area contributed by atoms with E-state index in [1.54, 1.807) is 54.6 Å². The molecule has 0 aliphatic heterocycles. The number of carbonyl (C=O) groups is 3. The van der Waals surface area contributed by atoms with E-state index >= 15 is 0 Å². The van der Waals surface area contributed by atoms with Crippen molar-refractivity contribution >= 4 is 41.7 Å². The minimum absolute atomic E-state index is 0.257. The number of nitrogens with zero attached hydrogens (tertiary/aromatic N) is 1. The van der Waals surface area contributed by atoms with Gasteiger partial charge in [0.1, 0.15) is 5.75 Å². The van der Waals surface area contributed by atoms with Gasteiger partial charge in [0.05, 0.1) is 23.3 Å². The lowest BCUT2D eigenvalue weighted by Gasteiger charge is -2.05. The summed E-state index contributed by atoms with van der Waals surface area (Å²) >= 11 is 5.95. The third-order valence-electron chi connectivity index (χ3n) is 4.24. The Hall–Kier alpha value is -4.23. The van der Waals surface area contributed by atoms with Crippen LogP contribution < -0.4 is 15.5 Å². The molecule has 0 fully saturated rings. The first-order valence-electron chi connectivity index (χ1n) is 9.91. The van der Waals surface area contributed by atoms with Crippen molar-refractivity contribution in [1.82, 2.24) is 10.7 Å². The summed E-state index contributed by atoms with van der Waals surface area (Å²) in [5.74, 6) is -1.07. The van der Waals surface area contributed by atoms with E-state index in [-0.39, 0.29) is 12.1 Å². The highest BCUT2D eigenvalue weighted by Crippen LogP contribution is 2.14. The molecule has 0 saturated carbocycles. The zero-order valence-electron chi connectivity index (χ0n) is 17.4. The van der Waals surface area contributed by atoms with Crippen LogP contribution in [0.4, 0.5) is 0 Å². The molecule has 0 unspecified atom stereocenters. The first-order chi connectivity index (χ1) is 16.0. The van der Waals surface area contributed by atoms with Gasteiger partial charge >= 0.3 is 5.97 Å². The zero-order chi connectivity index (χ0) is 23.5. The molecule has 0 aromatic heterocycles. The highest BCUT2D eigenvalue weighted by Gasteiger charge is 2.10. The molecule has 33 heavy (non-hydrogen) atoms. The van der Waals surface area contributed by atoms with Crippen LogP contribution in [0.3, 0.4) is 0 Å².